The van der Waals surface area contributed by atoms with Crippen molar-refractivity contribution in [1.82, 2.24) is 5.32 Å². The second-order valence-electron chi connectivity index (χ2n) is 5.04. The zero-order valence-electron chi connectivity index (χ0n) is 11.9. The molecule has 3 nitrogen and oxygen atoms in total. The molecule has 0 bridgehead atoms. The maximum Gasteiger partial charge on any atom is 0.247 e. The summed E-state index contributed by atoms with van der Waals surface area (Å²) in [5.74, 6) is -1.06. The van der Waals surface area contributed by atoms with E-state index in [0.717, 1.165) is 30.9 Å². The SMILES string of the molecule is CC(C(=O)Nc1cc(F)ccc1SCC(F)F)C1CNC1.Cl. The van der Waals surface area contributed by atoms with Gasteiger partial charge < -0.3 is 10.6 Å². The van der Waals surface area contributed by atoms with E-state index in [1.165, 1.54) is 12.1 Å². The van der Waals surface area contributed by atoms with Crippen molar-refractivity contribution < 1.29 is 18.0 Å². The Morgan fingerprint density at radius 2 is 2.14 bits per heavy atom. The van der Waals surface area contributed by atoms with Crippen LogP contribution in [0.4, 0.5) is 18.9 Å². The molecular formula is C14H18ClF3N2OS. The van der Waals surface area contributed by atoms with Crippen molar-refractivity contribution in [3.05, 3.63) is 24.0 Å². The summed E-state index contributed by atoms with van der Waals surface area (Å²) in [6.07, 6.45) is -2.46. The molecule has 0 radical (unpaired) electrons. The first-order valence-electron chi connectivity index (χ1n) is 6.69. The van der Waals surface area contributed by atoms with Crippen LogP contribution in [0.1, 0.15) is 6.92 Å². The Morgan fingerprint density at radius 3 is 2.68 bits per heavy atom. The Hall–Kier alpha value is -0.920. The van der Waals surface area contributed by atoms with Gasteiger partial charge in [0.2, 0.25) is 12.3 Å². The fourth-order valence-electron chi connectivity index (χ4n) is 2.00. The van der Waals surface area contributed by atoms with E-state index in [1.807, 2.05) is 6.92 Å². The van der Waals surface area contributed by atoms with E-state index in [4.69, 9.17) is 0 Å². The van der Waals surface area contributed by atoms with E-state index < -0.39 is 18.0 Å². The Kier molecular flexibility index (Phi) is 7.52. The van der Waals surface area contributed by atoms with E-state index in [9.17, 15) is 18.0 Å². The average molecular weight is 355 g/mol. The second kappa shape index (κ2) is 8.64. The predicted molar refractivity (Wildman–Crippen MR) is 84.5 cm³/mol. The molecule has 1 saturated heterocycles. The van der Waals surface area contributed by atoms with Crippen LogP contribution in [0.15, 0.2) is 23.1 Å². The molecule has 1 aromatic carbocycles. The number of benzene rings is 1. The molecule has 22 heavy (non-hydrogen) atoms. The topological polar surface area (TPSA) is 41.1 Å². The summed E-state index contributed by atoms with van der Waals surface area (Å²) in [6.45, 7) is 3.38. The first-order valence-corrected chi connectivity index (χ1v) is 7.68. The number of carbonyl (C=O) groups is 1. The van der Waals surface area contributed by atoms with E-state index in [-0.39, 0.29) is 35.8 Å². The van der Waals surface area contributed by atoms with E-state index in [2.05, 4.69) is 10.6 Å². The van der Waals surface area contributed by atoms with Crippen molar-refractivity contribution in [3.63, 3.8) is 0 Å². The third-order valence-corrected chi connectivity index (χ3v) is 4.58. The fourth-order valence-corrected chi connectivity index (χ4v) is 2.74. The van der Waals surface area contributed by atoms with Crippen LogP contribution in [0.2, 0.25) is 0 Å². The van der Waals surface area contributed by atoms with Crippen LogP contribution in [0.25, 0.3) is 0 Å². The average Bonchev–Trinajstić information content (AvgIpc) is 2.35. The number of halogens is 4. The van der Waals surface area contributed by atoms with Crippen molar-refractivity contribution in [3.8, 4) is 0 Å². The number of nitrogens with one attached hydrogen (secondary N) is 2. The molecule has 8 heteroatoms. The molecule has 1 aliphatic heterocycles. The van der Waals surface area contributed by atoms with Gasteiger partial charge in [-0.1, -0.05) is 6.92 Å². The normalized spacial score (nSPS) is 15.9. The van der Waals surface area contributed by atoms with Gasteiger partial charge in [-0.05, 0) is 37.2 Å². The number of hydrogen-bond acceptors (Lipinski definition) is 3. The summed E-state index contributed by atoms with van der Waals surface area (Å²) >= 11 is 0.902. The minimum atomic E-state index is -2.46. The number of carbonyl (C=O) groups excluding carboxylic acids is 1. The van der Waals surface area contributed by atoms with Gasteiger partial charge in [0, 0.05) is 10.8 Å². The van der Waals surface area contributed by atoms with Crippen LogP contribution >= 0.6 is 24.2 Å². The highest BCUT2D eigenvalue weighted by Crippen LogP contribution is 2.30. The Labute approximate surface area is 137 Å². The van der Waals surface area contributed by atoms with Gasteiger partial charge in [-0.25, -0.2) is 13.2 Å². The molecule has 1 heterocycles. The maximum absolute atomic E-state index is 13.3. The van der Waals surface area contributed by atoms with Crippen LogP contribution in [0, 0.1) is 17.7 Å². The zero-order chi connectivity index (χ0) is 15.4. The summed E-state index contributed by atoms with van der Waals surface area (Å²) in [7, 11) is 0. The molecule has 1 aliphatic rings. The fraction of sp³-hybridized carbons (Fsp3) is 0.500. The number of alkyl halides is 2. The molecule has 0 aliphatic carbocycles. The lowest BCUT2D eigenvalue weighted by atomic mass is 9.88. The quantitative estimate of drug-likeness (QED) is 0.769. The third kappa shape index (κ3) is 5.07. The van der Waals surface area contributed by atoms with Crippen molar-refractivity contribution in [2.75, 3.05) is 24.2 Å². The van der Waals surface area contributed by atoms with Crippen LogP contribution in [-0.2, 0) is 4.79 Å². The van der Waals surface area contributed by atoms with Crippen molar-refractivity contribution in [2.45, 2.75) is 18.2 Å². The summed E-state index contributed by atoms with van der Waals surface area (Å²) in [5, 5.41) is 5.74. The predicted octanol–water partition coefficient (Wildman–Crippen LogP) is 3.40. The Morgan fingerprint density at radius 1 is 1.45 bits per heavy atom. The highest BCUT2D eigenvalue weighted by atomic mass is 35.5. The molecule has 1 atom stereocenters. The van der Waals surface area contributed by atoms with Gasteiger partial charge in [-0.2, -0.15) is 0 Å². The molecule has 0 spiro atoms. The molecule has 2 rings (SSSR count). The standard InChI is InChI=1S/C14H17F3N2OS.ClH/c1-8(9-5-18-6-9)14(20)19-11-4-10(15)2-3-12(11)21-7-13(16)17;/h2-4,8-9,13,18H,5-7H2,1H3,(H,19,20);1H. The van der Waals surface area contributed by atoms with Gasteiger partial charge in [0.1, 0.15) is 5.82 Å². The number of rotatable bonds is 6. The highest BCUT2D eigenvalue weighted by Gasteiger charge is 2.29. The maximum atomic E-state index is 13.3. The molecule has 1 unspecified atom stereocenters. The van der Waals surface area contributed by atoms with Gasteiger partial charge in [-0.15, -0.1) is 24.2 Å². The first kappa shape index (κ1) is 19.1. The summed E-state index contributed by atoms with van der Waals surface area (Å²) in [5.41, 5.74) is 0.254. The second-order valence-corrected chi connectivity index (χ2v) is 6.10. The smallest absolute Gasteiger partial charge is 0.247 e. The van der Waals surface area contributed by atoms with Crippen LogP contribution < -0.4 is 10.6 Å². The molecule has 1 amide bonds. The van der Waals surface area contributed by atoms with E-state index >= 15 is 0 Å². The van der Waals surface area contributed by atoms with Crippen LogP contribution in [0.5, 0.6) is 0 Å². The third-order valence-electron chi connectivity index (χ3n) is 3.50. The minimum Gasteiger partial charge on any atom is -0.325 e. The first-order chi connectivity index (χ1) is 9.97. The van der Waals surface area contributed by atoms with Gasteiger partial charge in [-0.3, -0.25) is 4.79 Å². The molecule has 0 saturated carbocycles. The number of hydrogen-bond donors (Lipinski definition) is 2. The monoisotopic (exact) mass is 354 g/mol. The molecule has 1 fully saturated rings. The summed E-state index contributed by atoms with van der Waals surface area (Å²) in [4.78, 5) is 12.6. The lowest BCUT2D eigenvalue weighted by Gasteiger charge is -2.31. The zero-order valence-corrected chi connectivity index (χ0v) is 13.6. The minimum absolute atomic E-state index is 0. The van der Waals surface area contributed by atoms with Crippen molar-refractivity contribution in [1.29, 1.82) is 0 Å². The molecule has 124 valence electrons. The van der Waals surface area contributed by atoms with Crippen molar-refractivity contribution in [2.24, 2.45) is 11.8 Å². The lowest BCUT2D eigenvalue weighted by Crippen LogP contribution is -2.48. The van der Waals surface area contributed by atoms with Crippen molar-refractivity contribution >= 4 is 35.8 Å². The summed E-state index contributed by atoms with van der Waals surface area (Å²) < 4.78 is 37.9. The Balaban J connectivity index is 0.00000242. The highest BCUT2D eigenvalue weighted by molar-refractivity contribution is 7.99. The van der Waals surface area contributed by atoms with E-state index in [1.54, 1.807) is 0 Å². The number of anilines is 1. The molecule has 0 aromatic heterocycles. The van der Waals surface area contributed by atoms with Crippen LogP contribution in [0.3, 0.4) is 0 Å². The number of amides is 1. The molecule has 2 N–H and O–H groups in total. The van der Waals surface area contributed by atoms with Gasteiger partial charge >= 0.3 is 0 Å². The summed E-state index contributed by atoms with van der Waals surface area (Å²) in [6, 6.07) is 3.77. The molecule has 1 aromatic rings. The lowest BCUT2D eigenvalue weighted by molar-refractivity contribution is -0.121. The number of thioether (sulfide) groups is 1. The van der Waals surface area contributed by atoms with Crippen LogP contribution in [-0.4, -0.2) is 31.2 Å². The Bertz CT molecular complexity index is 515. The van der Waals surface area contributed by atoms with Gasteiger partial charge in [0.05, 0.1) is 11.4 Å². The van der Waals surface area contributed by atoms with Gasteiger partial charge in [0.25, 0.3) is 0 Å². The van der Waals surface area contributed by atoms with E-state index in [0.29, 0.717) is 4.90 Å². The van der Waals surface area contributed by atoms with Gasteiger partial charge in [0.15, 0.2) is 0 Å². The largest absolute Gasteiger partial charge is 0.325 e. The molecular weight excluding hydrogens is 337 g/mol.